The SMILES string of the molecule is COc1ccc(OC)c(CO/N=C/c2cc[n+](CCC[n+]3ccc(/C=N/OCc4cc(OC)ccc4OC)cc3)cc2)c1.[Br-].[Br-]. The first kappa shape index (κ1) is 37.0. The van der Waals surface area contributed by atoms with E-state index in [2.05, 4.69) is 19.4 Å². The Morgan fingerprint density at radius 3 is 1.31 bits per heavy atom. The lowest BCUT2D eigenvalue weighted by Crippen LogP contribution is -3.00. The maximum absolute atomic E-state index is 5.48. The highest BCUT2D eigenvalue weighted by molar-refractivity contribution is 5.78. The Hall–Kier alpha value is -4.16. The number of aryl methyl sites for hydroxylation is 2. The van der Waals surface area contributed by atoms with Crippen LogP contribution in [0.3, 0.4) is 0 Å². The number of pyridine rings is 2. The molecule has 0 spiro atoms. The van der Waals surface area contributed by atoms with Gasteiger partial charge in [0.2, 0.25) is 0 Å². The Morgan fingerprint density at radius 1 is 0.556 bits per heavy atom. The number of nitrogens with zero attached hydrogens (tertiary/aromatic N) is 4. The molecule has 0 aliphatic rings. The van der Waals surface area contributed by atoms with Crippen molar-refractivity contribution in [2.75, 3.05) is 28.4 Å². The number of rotatable bonds is 16. The van der Waals surface area contributed by atoms with Crippen molar-refractivity contribution in [2.24, 2.45) is 10.3 Å². The molecule has 45 heavy (non-hydrogen) atoms. The number of methoxy groups -OCH3 is 4. The van der Waals surface area contributed by atoms with Crippen LogP contribution < -0.4 is 62.0 Å². The average Bonchev–Trinajstić information content (AvgIpc) is 3.06. The van der Waals surface area contributed by atoms with E-state index >= 15 is 0 Å². The number of benzene rings is 2. The fourth-order valence-corrected chi connectivity index (χ4v) is 4.24. The third-order valence-electron chi connectivity index (χ3n) is 6.63. The number of aromatic nitrogens is 2. The van der Waals surface area contributed by atoms with Gasteiger partial charge in [-0.1, -0.05) is 10.3 Å². The van der Waals surface area contributed by atoms with E-state index in [-0.39, 0.29) is 47.2 Å². The van der Waals surface area contributed by atoms with E-state index in [4.69, 9.17) is 28.6 Å². The third kappa shape index (κ3) is 11.7. The second kappa shape index (κ2) is 20.0. The lowest BCUT2D eigenvalue weighted by Gasteiger charge is -2.09. The van der Waals surface area contributed by atoms with Crippen LogP contribution in [0.25, 0.3) is 0 Å². The van der Waals surface area contributed by atoms with E-state index < -0.39 is 0 Å². The monoisotopic (exact) mass is 744 g/mol. The molecule has 0 amide bonds. The van der Waals surface area contributed by atoms with Gasteiger partial charge in [-0.2, -0.15) is 0 Å². The molecule has 4 rings (SSSR count). The summed E-state index contributed by atoms with van der Waals surface area (Å²) in [5, 5.41) is 8.19. The smallest absolute Gasteiger partial charge is 0.169 e. The lowest BCUT2D eigenvalue weighted by atomic mass is 10.2. The van der Waals surface area contributed by atoms with Gasteiger partial charge in [0.05, 0.1) is 47.3 Å². The van der Waals surface area contributed by atoms with E-state index in [9.17, 15) is 0 Å². The zero-order valence-corrected chi connectivity index (χ0v) is 28.9. The van der Waals surface area contributed by atoms with Crippen molar-refractivity contribution >= 4 is 12.4 Å². The van der Waals surface area contributed by atoms with Gasteiger partial charge in [-0.05, 0) is 36.4 Å². The van der Waals surface area contributed by atoms with Crippen molar-refractivity contribution in [1.82, 2.24) is 0 Å². The molecule has 4 aromatic rings. The molecule has 0 saturated carbocycles. The van der Waals surface area contributed by atoms with Crippen molar-refractivity contribution in [3.8, 4) is 23.0 Å². The predicted molar refractivity (Wildman–Crippen MR) is 162 cm³/mol. The van der Waals surface area contributed by atoms with Gasteiger partial charge in [0.15, 0.2) is 37.9 Å². The highest BCUT2D eigenvalue weighted by Crippen LogP contribution is 2.25. The first-order valence-corrected chi connectivity index (χ1v) is 13.8. The van der Waals surface area contributed by atoms with Crippen molar-refractivity contribution in [3.63, 3.8) is 0 Å². The fourth-order valence-electron chi connectivity index (χ4n) is 4.24. The summed E-state index contributed by atoms with van der Waals surface area (Å²) in [6, 6.07) is 19.2. The topological polar surface area (TPSA) is 87.9 Å². The van der Waals surface area contributed by atoms with Crippen molar-refractivity contribution in [1.29, 1.82) is 0 Å². The Morgan fingerprint density at radius 2 is 0.956 bits per heavy atom. The van der Waals surface area contributed by atoms with Crippen LogP contribution in [0.4, 0.5) is 0 Å². The van der Waals surface area contributed by atoms with Gasteiger partial charge >= 0.3 is 0 Å². The molecule has 240 valence electrons. The molecule has 10 nitrogen and oxygen atoms in total. The summed E-state index contributed by atoms with van der Waals surface area (Å²) >= 11 is 0. The van der Waals surface area contributed by atoms with Crippen LogP contribution in [0.1, 0.15) is 28.7 Å². The molecule has 0 bridgehead atoms. The van der Waals surface area contributed by atoms with Crippen LogP contribution in [0, 0.1) is 0 Å². The van der Waals surface area contributed by atoms with E-state index in [1.807, 2.05) is 85.5 Å². The number of hydrogen-bond acceptors (Lipinski definition) is 8. The Bertz CT molecular complexity index is 1390. The van der Waals surface area contributed by atoms with Gasteiger partial charge in [0.1, 0.15) is 36.2 Å². The summed E-state index contributed by atoms with van der Waals surface area (Å²) in [7, 11) is 6.50. The summed E-state index contributed by atoms with van der Waals surface area (Å²) in [6.45, 7) is 2.34. The Labute approximate surface area is 285 Å². The molecule has 0 aliphatic carbocycles. The number of oxime groups is 2. The van der Waals surface area contributed by atoms with Crippen LogP contribution in [-0.4, -0.2) is 40.9 Å². The first-order valence-electron chi connectivity index (χ1n) is 13.8. The maximum atomic E-state index is 5.48. The maximum Gasteiger partial charge on any atom is 0.169 e. The van der Waals surface area contributed by atoms with E-state index in [1.54, 1.807) is 40.9 Å². The number of hydrogen-bond donors (Lipinski definition) is 0. The molecule has 0 saturated heterocycles. The minimum atomic E-state index is 0. The van der Waals surface area contributed by atoms with Gasteiger partial charge < -0.3 is 62.6 Å². The zero-order valence-electron chi connectivity index (χ0n) is 25.8. The molecule has 12 heteroatoms. The van der Waals surface area contributed by atoms with Crippen molar-refractivity contribution < 1.29 is 71.7 Å². The van der Waals surface area contributed by atoms with Gasteiger partial charge in [-0.3, -0.25) is 0 Å². The van der Waals surface area contributed by atoms with Gasteiger partial charge in [0, 0.05) is 46.5 Å². The molecule has 0 radical (unpaired) electrons. The normalized spacial score (nSPS) is 10.6. The van der Waals surface area contributed by atoms with Crippen molar-refractivity contribution in [3.05, 3.63) is 108 Å². The second-order valence-corrected chi connectivity index (χ2v) is 9.46. The Balaban J connectivity index is 0.00000353. The first-order chi connectivity index (χ1) is 21.1. The van der Waals surface area contributed by atoms with Gasteiger partial charge in [-0.25, -0.2) is 9.13 Å². The van der Waals surface area contributed by atoms with E-state index in [1.165, 1.54) is 0 Å². The number of halogens is 2. The molecule has 0 unspecified atom stereocenters. The summed E-state index contributed by atoms with van der Waals surface area (Å²) in [5.41, 5.74) is 3.63. The Kier molecular flexibility index (Phi) is 16.4. The summed E-state index contributed by atoms with van der Waals surface area (Å²) in [6.07, 6.45) is 12.5. The highest BCUT2D eigenvalue weighted by Gasteiger charge is 2.08. The van der Waals surface area contributed by atoms with E-state index in [0.29, 0.717) is 0 Å². The molecule has 0 fully saturated rings. The fraction of sp³-hybridized carbons (Fsp3) is 0.273. The summed E-state index contributed by atoms with van der Waals surface area (Å²) in [4.78, 5) is 11.0. The summed E-state index contributed by atoms with van der Waals surface area (Å²) < 4.78 is 25.6. The molecule has 0 N–H and O–H groups in total. The van der Waals surface area contributed by atoms with E-state index in [0.717, 1.165) is 64.8 Å². The average molecular weight is 746 g/mol. The van der Waals surface area contributed by atoms with Crippen LogP contribution >= 0.6 is 0 Å². The molecule has 2 heterocycles. The minimum Gasteiger partial charge on any atom is -1.00 e. The molecular formula is C33H38Br2N4O6. The van der Waals surface area contributed by atoms with Crippen LogP contribution in [0.5, 0.6) is 23.0 Å². The second-order valence-electron chi connectivity index (χ2n) is 9.46. The molecular weight excluding hydrogens is 708 g/mol. The van der Waals surface area contributed by atoms with Crippen LogP contribution in [-0.2, 0) is 36.0 Å². The standard InChI is InChI=1S/C33H38N4O6.2BrH/c1-38-30-6-8-32(40-3)28(20-30)24-42-34-22-26-10-16-36(17-11-26)14-5-15-37-18-12-27(13-19-37)23-35-43-25-29-21-31(39-2)7-9-33(29)41-4;;/h6-13,16-23H,5,14-15,24-25H2,1-4H3;2*1H/q+2;;/p-2/b34-22+,35-23+;;. The van der Waals surface area contributed by atoms with Crippen LogP contribution in [0.2, 0.25) is 0 Å². The largest absolute Gasteiger partial charge is 1.00 e. The third-order valence-corrected chi connectivity index (χ3v) is 6.63. The molecule has 0 aliphatic heterocycles. The predicted octanol–water partition coefficient (Wildman–Crippen LogP) is -1.50. The molecule has 0 atom stereocenters. The van der Waals surface area contributed by atoms with Crippen molar-refractivity contribution in [2.45, 2.75) is 32.7 Å². The van der Waals surface area contributed by atoms with Crippen LogP contribution in [0.15, 0.2) is 95.8 Å². The summed E-state index contributed by atoms with van der Waals surface area (Å²) in [5.74, 6) is 2.94. The lowest BCUT2D eigenvalue weighted by molar-refractivity contribution is -0.726. The zero-order chi connectivity index (χ0) is 30.3. The molecule has 2 aromatic heterocycles. The highest BCUT2D eigenvalue weighted by atomic mass is 79.9. The number of ether oxygens (including phenoxy) is 4. The quantitative estimate of drug-likeness (QED) is 0.0789. The van der Waals surface area contributed by atoms with Gasteiger partial charge in [0.25, 0.3) is 0 Å². The van der Waals surface area contributed by atoms with Gasteiger partial charge in [-0.15, -0.1) is 0 Å². The molecule has 2 aromatic carbocycles. The minimum absolute atomic E-state index is 0.